The smallest absolute Gasteiger partial charge is 0.345 e. The number of hydrogen-bond acceptors (Lipinski definition) is 3. The van der Waals surface area contributed by atoms with Gasteiger partial charge >= 0.3 is 5.97 Å². The lowest BCUT2D eigenvalue weighted by molar-refractivity contribution is -0.150. The van der Waals surface area contributed by atoms with Crippen LogP contribution in [-0.4, -0.2) is 18.2 Å². The molecule has 3 aromatic carbocycles. The lowest BCUT2D eigenvalue weighted by atomic mass is 10.3. The van der Waals surface area contributed by atoms with Crippen molar-refractivity contribution in [1.82, 2.24) is 0 Å². The van der Waals surface area contributed by atoms with Gasteiger partial charge in [0.05, 0.1) is 10.9 Å². The van der Waals surface area contributed by atoms with Gasteiger partial charge in [-0.1, -0.05) is 42.3 Å². The first-order valence-electron chi connectivity index (χ1n) is 9.57. The summed E-state index contributed by atoms with van der Waals surface area (Å²) in [7, 11) is -0.462. The molecule has 1 saturated carbocycles. The Bertz CT molecular complexity index is 1030. The zero-order valence-electron chi connectivity index (χ0n) is 16.2. The standard InChI is InChI=1S/C25H20FO3S/c1-2-25(15-16-25)29-24(27)18-28-23-14-13-21(17-22(23)26)30(19-9-5-3-6-10-19)20-11-7-4-8-12-20/h1,3-14,17H,15-16,18H2/q+1. The number of esters is 1. The zero-order chi connectivity index (χ0) is 21.0. The molecule has 0 saturated heterocycles. The van der Waals surface area contributed by atoms with E-state index in [-0.39, 0.29) is 12.4 Å². The van der Waals surface area contributed by atoms with Gasteiger partial charge in [-0.15, -0.1) is 6.42 Å². The molecule has 0 aliphatic heterocycles. The van der Waals surface area contributed by atoms with Gasteiger partial charge in [0, 0.05) is 18.9 Å². The lowest BCUT2D eigenvalue weighted by Gasteiger charge is -2.12. The molecule has 1 aliphatic rings. The van der Waals surface area contributed by atoms with E-state index in [0.717, 1.165) is 14.7 Å². The molecule has 0 bridgehead atoms. The Labute approximate surface area is 178 Å². The molecule has 0 aromatic heterocycles. The highest BCUT2D eigenvalue weighted by Crippen LogP contribution is 2.39. The third-order valence-corrected chi connectivity index (χ3v) is 6.93. The zero-order valence-corrected chi connectivity index (χ0v) is 17.0. The van der Waals surface area contributed by atoms with Crippen molar-refractivity contribution in [2.24, 2.45) is 0 Å². The minimum atomic E-state index is -0.789. The number of hydrogen-bond donors (Lipinski definition) is 0. The van der Waals surface area contributed by atoms with Crippen LogP contribution in [0.5, 0.6) is 5.75 Å². The van der Waals surface area contributed by atoms with Crippen molar-refractivity contribution in [3.63, 3.8) is 0 Å². The molecule has 0 N–H and O–H groups in total. The van der Waals surface area contributed by atoms with Crippen molar-refractivity contribution in [2.75, 3.05) is 6.61 Å². The van der Waals surface area contributed by atoms with Gasteiger partial charge in [0.25, 0.3) is 0 Å². The van der Waals surface area contributed by atoms with Crippen LogP contribution in [0.3, 0.4) is 0 Å². The Morgan fingerprint density at radius 3 is 2.07 bits per heavy atom. The van der Waals surface area contributed by atoms with Crippen molar-refractivity contribution in [2.45, 2.75) is 33.1 Å². The van der Waals surface area contributed by atoms with Crippen LogP contribution in [0.2, 0.25) is 0 Å². The van der Waals surface area contributed by atoms with Gasteiger partial charge in [-0.3, -0.25) is 0 Å². The maximum atomic E-state index is 14.8. The largest absolute Gasteiger partial charge is 0.479 e. The van der Waals surface area contributed by atoms with Crippen LogP contribution in [0, 0.1) is 18.2 Å². The molecule has 3 nitrogen and oxygen atoms in total. The second-order valence-electron chi connectivity index (χ2n) is 6.93. The van der Waals surface area contributed by atoms with E-state index < -0.39 is 28.3 Å². The Morgan fingerprint density at radius 2 is 1.57 bits per heavy atom. The Morgan fingerprint density at radius 1 is 0.967 bits per heavy atom. The van der Waals surface area contributed by atoms with Crippen LogP contribution < -0.4 is 4.74 Å². The molecule has 150 valence electrons. The average Bonchev–Trinajstić information content (AvgIpc) is 3.55. The van der Waals surface area contributed by atoms with E-state index in [0.29, 0.717) is 12.8 Å². The number of ether oxygens (including phenoxy) is 2. The fourth-order valence-corrected chi connectivity index (χ4v) is 5.12. The molecule has 30 heavy (non-hydrogen) atoms. The van der Waals surface area contributed by atoms with E-state index in [1.165, 1.54) is 6.07 Å². The summed E-state index contributed by atoms with van der Waals surface area (Å²) in [4.78, 5) is 14.9. The molecule has 0 spiro atoms. The molecule has 5 heteroatoms. The fourth-order valence-electron chi connectivity index (χ4n) is 3.02. The van der Waals surface area contributed by atoms with E-state index in [9.17, 15) is 9.18 Å². The molecule has 1 fully saturated rings. The SMILES string of the molecule is C#CC1(OC(=O)COc2ccc([S+](c3ccccc3)c3ccccc3)cc2F)CC1. The van der Waals surface area contributed by atoms with Crippen molar-refractivity contribution < 1.29 is 18.7 Å². The highest BCUT2D eigenvalue weighted by molar-refractivity contribution is 7.97. The quantitative estimate of drug-likeness (QED) is 0.307. The summed E-state index contributed by atoms with van der Waals surface area (Å²) in [6.45, 7) is -0.386. The van der Waals surface area contributed by atoms with Crippen LogP contribution in [0.15, 0.2) is 93.5 Å². The number of rotatable bonds is 7. The summed E-state index contributed by atoms with van der Waals surface area (Å²) >= 11 is 0. The molecule has 4 rings (SSSR count). The maximum Gasteiger partial charge on any atom is 0.345 e. The normalized spacial score (nSPS) is 14.0. The van der Waals surface area contributed by atoms with Gasteiger partial charge < -0.3 is 9.47 Å². The maximum absolute atomic E-state index is 14.8. The molecular formula is C25H20FO3S+. The van der Waals surface area contributed by atoms with E-state index in [2.05, 4.69) is 5.92 Å². The number of carbonyl (C=O) groups excluding carboxylic acids is 1. The molecule has 0 heterocycles. The van der Waals surface area contributed by atoms with Gasteiger partial charge in [-0.05, 0) is 36.4 Å². The summed E-state index contributed by atoms with van der Waals surface area (Å²) in [5.41, 5.74) is -0.789. The summed E-state index contributed by atoms with van der Waals surface area (Å²) in [5.74, 6) is 1.36. The Hall–Kier alpha value is -3.23. The Kier molecular flexibility index (Phi) is 5.78. The van der Waals surface area contributed by atoms with Gasteiger partial charge in [-0.25, -0.2) is 9.18 Å². The van der Waals surface area contributed by atoms with Crippen molar-refractivity contribution in [3.05, 3.63) is 84.7 Å². The van der Waals surface area contributed by atoms with Crippen LogP contribution in [0.25, 0.3) is 0 Å². The van der Waals surface area contributed by atoms with Crippen LogP contribution >= 0.6 is 0 Å². The van der Waals surface area contributed by atoms with E-state index in [4.69, 9.17) is 15.9 Å². The minimum absolute atomic E-state index is 0.00549. The molecular weight excluding hydrogens is 399 g/mol. The number of halogens is 1. The summed E-state index contributed by atoms with van der Waals surface area (Å²) in [6, 6.07) is 24.8. The van der Waals surface area contributed by atoms with Crippen molar-refractivity contribution >= 4 is 16.9 Å². The van der Waals surface area contributed by atoms with Gasteiger partial charge in [0.15, 0.2) is 38.5 Å². The van der Waals surface area contributed by atoms with Crippen molar-refractivity contribution in [3.8, 4) is 18.1 Å². The minimum Gasteiger partial charge on any atom is -0.479 e. The highest BCUT2D eigenvalue weighted by Gasteiger charge is 2.45. The summed E-state index contributed by atoms with van der Waals surface area (Å²) < 4.78 is 25.4. The first-order chi connectivity index (χ1) is 14.6. The van der Waals surface area contributed by atoms with E-state index >= 15 is 0 Å². The van der Waals surface area contributed by atoms with Gasteiger partial charge in [-0.2, -0.15) is 0 Å². The second-order valence-corrected chi connectivity index (χ2v) is 8.95. The third-order valence-electron chi connectivity index (χ3n) is 4.72. The molecule has 0 atom stereocenters. The Balaban J connectivity index is 1.53. The second kappa shape index (κ2) is 8.64. The predicted molar refractivity (Wildman–Crippen MR) is 114 cm³/mol. The topological polar surface area (TPSA) is 35.5 Å². The fraction of sp³-hybridized carbons (Fsp3) is 0.160. The van der Waals surface area contributed by atoms with E-state index in [1.54, 1.807) is 6.07 Å². The first-order valence-corrected chi connectivity index (χ1v) is 10.8. The van der Waals surface area contributed by atoms with Crippen molar-refractivity contribution in [1.29, 1.82) is 0 Å². The lowest BCUT2D eigenvalue weighted by Crippen LogP contribution is -2.23. The van der Waals surface area contributed by atoms with Crippen LogP contribution in [0.4, 0.5) is 4.39 Å². The monoisotopic (exact) mass is 419 g/mol. The average molecular weight is 419 g/mol. The molecule has 1 aliphatic carbocycles. The third kappa shape index (κ3) is 4.50. The molecule has 0 amide bonds. The van der Waals surface area contributed by atoms with Crippen LogP contribution in [0.1, 0.15) is 12.8 Å². The summed E-state index contributed by atoms with van der Waals surface area (Å²) in [5, 5.41) is 0. The first kappa shape index (κ1) is 20.1. The van der Waals surface area contributed by atoms with Crippen LogP contribution in [-0.2, 0) is 20.4 Å². The molecule has 0 radical (unpaired) electrons. The number of benzene rings is 3. The number of terminal acetylenes is 1. The van der Waals surface area contributed by atoms with E-state index in [1.807, 2.05) is 66.7 Å². The van der Waals surface area contributed by atoms with Gasteiger partial charge in [0.1, 0.15) is 0 Å². The number of carbonyl (C=O) groups is 1. The molecule has 0 unspecified atom stereocenters. The van der Waals surface area contributed by atoms with Gasteiger partial charge in [0.2, 0.25) is 0 Å². The highest BCUT2D eigenvalue weighted by atomic mass is 32.2. The predicted octanol–water partition coefficient (Wildman–Crippen LogP) is 5.01. The molecule has 3 aromatic rings. The summed E-state index contributed by atoms with van der Waals surface area (Å²) in [6.07, 6.45) is 6.67.